The van der Waals surface area contributed by atoms with Crippen molar-refractivity contribution in [1.82, 2.24) is 0 Å². The van der Waals surface area contributed by atoms with E-state index in [2.05, 4.69) is 76.2 Å². The number of benzene rings is 4. The maximum absolute atomic E-state index is 7.29. The van der Waals surface area contributed by atoms with Gasteiger partial charge >= 0.3 is 0 Å². The highest BCUT2D eigenvalue weighted by Gasteiger charge is 2.24. The van der Waals surface area contributed by atoms with Gasteiger partial charge in [0.05, 0.1) is 23.3 Å². The Morgan fingerprint density at radius 3 is 1.18 bits per heavy atom. The molecule has 0 saturated heterocycles. The molecule has 0 aliphatic heterocycles. The van der Waals surface area contributed by atoms with Gasteiger partial charge in [-0.25, -0.2) is 0 Å². The van der Waals surface area contributed by atoms with Gasteiger partial charge in [-0.3, -0.25) is 0 Å². The lowest BCUT2D eigenvalue weighted by molar-refractivity contribution is 0.306. The highest BCUT2D eigenvalue weighted by Crippen LogP contribution is 2.44. The predicted molar refractivity (Wildman–Crippen MR) is 241 cm³/mol. The second-order valence-corrected chi connectivity index (χ2v) is 17.8. The lowest BCUT2D eigenvalue weighted by atomic mass is 9.77. The molecule has 0 spiro atoms. The zero-order valence-corrected chi connectivity index (χ0v) is 36.9. The minimum atomic E-state index is 0.558. The van der Waals surface area contributed by atoms with Crippen LogP contribution in [0.1, 0.15) is 176 Å². The second kappa shape index (κ2) is 22.3. The van der Waals surface area contributed by atoms with Gasteiger partial charge in [0.1, 0.15) is 23.0 Å². The van der Waals surface area contributed by atoms with Gasteiger partial charge in [-0.2, -0.15) is 0 Å². The van der Waals surface area contributed by atoms with E-state index in [0.29, 0.717) is 59.4 Å². The fraction of sp³-hybridized carbons (Fsp3) is 0.538. The summed E-state index contributed by atoms with van der Waals surface area (Å²) in [5, 5.41) is 1.12. The molecule has 0 radical (unpaired) electrons. The highest BCUT2D eigenvalue weighted by atomic mass is 35.5. The zero-order chi connectivity index (χ0) is 40.0. The first-order valence-electron chi connectivity index (χ1n) is 22.6. The third-order valence-corrected chi connectivity index (χ3v) is 13.6. The lowest BCUT2D eigenvalue weighted by Crippen LogP contribution is -2.13. The van der Waals surface area contributed by atoms with Crippen molar-refractivity contribution in [1.29, 1.82) is 0 Å². The number of ether oxygens (including phenoxy) is 3. The Kier molecular flexibility index (Phi) is 17.0. The molecular weight excluding hydrogens is 743 g/mol. The first-order chi connectivity index (χ1) is 27.9. The van der Waals surface area contributed by atoms with Crippen molar-refractivity contribution in [3.05, 3.63) is 116 Å². The van der Waals surface area contributed by atoms with E-state index < -0.39 is 0 Å². The summed E-state index contributed by atoms with van der Waals surface area (Å²) in [4.78, 5) is 0. The van der Waals surface area contributed by atoms with Gasteiger partial charge in [0, 0.05) is 24.0 Å². The first kappa shape index (κ1) is 43.4. The van der Waals surface area contributed by atoms with E-state index in [1.54, 1.807) is 0 Å². The number of hydrogen-bond donors (Lipinski definition) is 0. The number of unbranched alkanes of at least 4 members (excludes halogenated alkanes) is 2. The number of rotatable bonds is 20. The molecule has 0 amide bonds. The molecule has 5 heteroatoms. The van der Waals surface area contributed by atoms with Gasteiger partial charge < -0.3 is 14.2 Å². The number of hydrogen-bond acceptors (Lipinski definition) is 3. The molecule has 2 saturated carbocycles. The molecule has 4 aromatic carbocycles. The van der Waals surface area contributed by atoms with Crippen LogP contribution in [0.3, 0.4) is 0 Å². The molecule has 6 rings (SSSR count). The minimum absolute atomic E-state index is 0.558. The van der Waals surface area contributed by atoms with Crippen LogP contribution in [0.2, 0.25) is 10.0 Å². The molecule has 0 atom stereocenters. The van der Waals surface area contributed by atoms with Crippen LogP contribution >= 0.6 is 23.2 Å². The van der Waals surface area contributed by atoms with E-state index in [0.717, 1.165) is 60.1 Å². The topological polar surface area (TPSA) is 27.7 Å². The summed E-state index contributed by atoms with van der Waals surface area (Å²) < 4.78 is 19.3. The molecule has 308 valence electrons. The van der Waals surface area contributed by atoms with Crippen LogP contribution in [0.25, 0.3) is 0 Å². The third-order valence-electron chi connectivity index (χ3n) is 12.8. The molecule has 0 heterocycles. The maximum Gasteiger partial charge on any atom is 0.146 e. The predicted octanol–water partition coefficient (Wildman–Crippen LogP) is 16.5. The fourth-order valence-electron chi connectivity index (χ4n) is 9.30. The monoisotopic (exact) mass is 810 g/mol. The molecule has 0 N–H and O–H groups in total. The van der Waals surface area contributed by atoms with Gasteiger partial charge in [-0.15, -0.1) is 0 Å². The molecule has 4 aromatic rings. The van der Waals surface area contributed by atoms with Crippen molar-refractivity contribution in [2.24, 2.45) is 11.8 Å². The van der Waals surface area contributed by atoms with Crippen molar-refractivity contribution in [3.63, 3.8) is 0 Å². The van der Waals surface area contributed by atoms with Crippen LogP contribution in [0, 0.1) is 11.8 Å². The van der Waals surface area contributed by atoms with Gasteiger partial charge in [0.2, 0.25) is 0 Å². The Hall–Kier alpha value is -3.14. The smallest absolute Gasteiger partial charge is 0.146 e. The first-order valence-corrected chi connectivity index (χ1v) is 23.4. The van der Waals surface area contributed by atoms with E-state index in [4.69, 9.17) is 37.4 Å². The molecule has 0 unspecified atom stereocenters. The summed E-state index contributed by atoms with van der Waals surface area (Å²) in [6.07, 6.45) is 21.4. The van der Waals surface area contributed by atoms with Crippen molar-refractivity contribution >= 4 is 23.2 Å². The van der Waals surface area contributed by atoms with Crippen LogP contribution in [0.15, 0.2) is 72.8 Å². The summed E-state index contributed by atoms with van der Waals surface area (Å²) in [6.45, 7) is 10.3. The van der Waals surface area contributed by atoms with E-state index in [1.807, 2.05) is 24.3 Å². The largest absolute Gasteiger partial charge is 0.493 e. The third kappa shape index (κ3) is 12.0. The normalized spacial score (nSPS) is 19.7. The highest BCUT2D eigenvalue weighted by molar-refractivity contribution is 6.34. The van der Waals surface area contributed by atoms with E-state index in [-0.39, 0.29) is 0 Å². The van der Waals surface area contributed by atoms with Crippen LogP contribution in [-0.4, -0.2) is 13.2 Å². The van der Waals surface area contributed by atoms with E-state index in [1.165, 1.54) is 99.3 Å². The molecule has 3 nitrogen and oxygen atoms in total. The van der Waals surface area contributed by atoms with Gasteiger partial charge in [-0.05, 0) is 134 Å². The molecular formula is C52H68Cl2O3. The van der Waals surface area contributed by atoms with Crippen LogP contribution in [0.4, 0.5) is 0 Å². The zero-order valence-electron chi connectivity index (χ0n) is 35.4. The average molecular weight is 812 g/mol. The van der Waals surface area contributed by atoms with Crippen molar-refractivity contribution in [3.8, 4) is 23.0 Å². The molecule has 57 heavy (non-hydrogen) atoms. The van der Waals surface area contributed by atoms with Crippen LogP contribution < -0.4 is 14.2 Å². The molecule has 2 aliphatic carbocycles. The quantitative estimate of drug-likeness (QED) is 0.0832. The summed E-state index contributed by atoms with van der Waals surface area (Å²) in [5.74, 6) is 5.91. The number of halogens is 2. The van der Waals surface area contributed by atoms with Crippen molar-refractivity contribution in [2.75, 3.05) is 13.2 Å². The van der Waals surface area contributed by atoms with Gasteiger partial charge in [0.25, 0.3) is 0 Å². The molecule has 2 aliphatic rings. The average Bonchev–Trinajstić information content (AvgIpc) is 3.23. The van der Waals surface area contributed by atoms with Crippen LogP contribution in [-0.2, 0) is 12.8 Å². The Morgan fingerprint density at radius 2 is 0.825 bits per heavy atom. The summed E-state index contributed by atoms with van der Waals surface area (Å²) in [5.41, 5.74) is 7.22. The lowest BCUT2D eigenvalue weighted by Gasteiger charge is -2.28. The fourth-order valence-corrected chi connectivity index (χ4v) is 9.82. The molecule has 0 bridgehead atoms. The Labute approximate surface area is 355 Å². The standard InChI is InChI=1S/C52H68Cl2O3/c1-5-9-33-55-47-29-31-49(51(53)45(47)35-39-17-25-43(26-18-39)41-21-13-37(11-7-3)14-22-41)57-50-32-30-48(56-34-10-6-2)46(52(50)54)36-40-19-27-44(28-20-40)42-23-15-38(12-8-4)16-24-42/h17-20,25-32,37-38,41-42H,5-16,21-24,33-36H2,1-4H3. The van der Waals surface area contributed by atoms with Gasteiger partial charge in [-0.1, -0.05) is 138 Å². The summed E-state index contributed by atoms with van der Waals surface area (Å²) in [6, 6.07) is 26.3. The summed E-state index contributed by atoms with van der Waals surface area (Å²) >= 11 is 14.6. The summed E-state index contributed by atoms with van der Waals surface area (Å²) in [7, 11) is 0. The Bertz CT molecular complexity index is 1670. The Balaban J connectivity index is 1.21. The second-order valence-electron chi connectivity index (χ2n) is 17.1. The maximum atomic E-state index is 7.29. The molecule has 2 fully saturated rings. The SMILES string of the molecule is CCCCOc1ccc(Oc2ccc(OCCCC)c(Cc3ccc(C4CCC(CCC)CC4)cc3)c2Cl)c(Cl)c1Cc1ccc(C2CCC(CCC)CC2)cc1. The molecule has 0 aromatic heterocycles. The van der Waals surface area contributed by atoms with Gasteiger partial charge in [0.15, 0.2) is 0 Å². The van der Waals surface area contributed by atoms with E-state index >= 15 is 0 Å². The Morgan fingerprint density at radius 1 is 0.456 bits per heavy atom. The minimum Gasteiger partial charge on any atom is -0.493 e. The van der Waals surface area contributed by atoms with Crippen molar-refractivity contribution in [2.45, 2.75) is 155 Å². The van der Waals surface area contributed by atoms with Crippen molar-refractivity contribution < 1.29 is 14.2 Å². The van der Waals surface area contributed by atoms with Crippen LogP contribution in [0.5, 0.6) is 23.0 Å². The van der Waals surface area contributed by atoms with E-state index in [9.17, 15) is 0 Å².